The maximum atomic E-state index is 5.95. The highest BCUT2D eigenvalue weighted by Crippen LogP contribution is 2.16. The first-order chi connectivity index (χ1) is 9.76. The van der Waals surface area contributed by atoms with E-state index in [-0.39, 0.29) is 0 Å². The summed E-state index contributed by atoms with van der Waals surface area (Å²) < 4.78 is 6.73. The lowest BCUT2D eigenvalue weighted by atomic mass is 10.2. The highest BCUT2D eigenvalue weighted by Gasteiger charge is 2.06. The van der Waals surface area contributed by atoms with Crippen molar-refractivity contribution in [1.29, 1.82) is 0 Å². The number of aromatic nitrogens is 4. The molecule has 7 heteroatoms. The van der Waals surface area contributed by atoms with Crippen LogP contribution in [0.1, 0.15) is 5.56 Å². The second-order valence-electron chi connectivity index (χ2n) is 4.14. The number of nitrogens with zero attached hydrogens (tertiary/aromatic N) is 4. The first kappa shape index (κ1) is 12.7. The maximum Gasteiger partial charge on any atom is 0.255 e. The van der Waals surface area contributed by atoms with Crippen LogP contribution in [-0.4, -0.2) is 26.7 Å². The first-order valence-electron chi connectivity index (χ1n) is 5.99. The van der Waals surface area contributed by atoms with Crippen LogP contribution >= 0.6 is 11.6 Å². The van der Waals surface area contributed by atoms with Gasteiger partial charge in [-0.2, -0.15) is 19.6 Å². The second kappa shape index (κ2) is 5.34. The molecule has 0 spiro atoms. The summed E-state index contributed by atoms with van der Waals surface area (Å²) in [6, 6.07) is 9.54. The molecule has 0 bridgehead atoms. The van der Waals surface area contributed by atoms with Gasteiger partial charge in [-0.25, -0.2) is 0 Å². The van der Waals surface area contributed by atoms with Crippen molar-refractivity contribution in [2.45, 2.75) is 6.54 Å². The van der Waals surface area contributed by atoms with Gasteiger partial charge in [0.05, 0.1) is 7.11 Å². The summed E-state index contributed by atoms with van der Waals surface area (Å²) in [7, 11) is 1.65. The van der Waals surface area contributed by atoms with Gasteiger partial charge in [-0.15, -0.1) is 0 Å². The zero-order valence-electron chi connectivity index (χ0n) is 10.7. The number of nitrogens with one attached hydrogen (secondary N) is 1. The quantitative estimate of drug-likeness (QED) is 0.747. The molecule has 2 heterocycles. The van der Waals surface area contributed by atoms with Crippen LogP contribution in [0.5, 0.6) is 5.75 Å². The molecule has 102 valence electrons. The van der Waals surface area contributed by atoms with Crippen LogP contribution in [0, 0.1) is 0 Å². The Morgan fingerprint density at radius 1 is 1.30 bits per heavy atom. The topological polar surface area (TPSA) is 64.3 Å². The average Bonchev–Trinajstić information content (AvgIpc) is 2.93. The van der Waals surface area contributed by atoms with E-state index in [1.165, 1.54) is 6.33 Å². The molecular formula is C13H12ClN5O. The Kier molecular flexibility index (Phi) is 3.39. The Balaban J connectivity index is 1.80. The molecule has 0 aliphatic carbocycles. The lowest BCUT2D eigenvalue weighted by Gasteiger charge is -2.08. The third kappa shape index (κ3) is 2.50. The third-order valence-corrected chi connectivity index (χ3v) is 3.05. The minimum atomic E-state index is 0.378. The minimum absolute atomic E-state index is 0.378. The van der Waals surface area contributed by atoms with Crippen LogP contribution in [0.15, 0.2) is 36.7 Å². The predicted octanol–water partition coefficient (Wildman–Crippen LogP) is 2.40. The summed E-state index contributed by atoms with van der Waals surface area (Å²) in [6.07, 6.45) is 1.44. The standard InChI is InChI=1S/C13H12ClN5O/c1-20-10-4-2-9(3-5-10)7-15-12-6-11(14)18-13-16-8-17-19(12)13/h2-6,8,15H,7H2,1H3. The fourth-order valence-electron chi connectivity index (χ4n) is 1.85. The molecule has 20 heavy (non-hydrogen) atoms. The number of methoxy groups -OCH3 is 1. The normalized spacial score (nSPS) is 10.7. The van der Waals surface area contributed by atoms with Crippen LogP contribution in [-0.2, 0) is 6.54 Å². The number of rotatable bonds is 4. The molecule has 2 aromatic heterocycles. The monoisotopic (exact) mass is 289 g/mol. The maximum absolute atomic E-state index is 5.95. The molecule has 1 aromatic carbocycles. The van der Waals surface area contributed by atoms with Gasteiger partial charge in [0.1, 0.15) is 23.0 Å². The number of benzene rings is 1. The van der Waals surface area contributed by atoms with E-state index in [4.69, 9.17) is 16.3 Å². The fraction of sp³-hybridized carbons (Fsp3) is 0.154. The van der Waals surface area contributed by atoms with Crippen molar-refractivity contribution >= 4 is 23.2 Å². The van der Waals surface area contributed by atoms with Gasteiger partial charge in [0.2, 0.25) is 0 Å². The minimum Gasteiger partial charge on any atom is -0.497 e. The van der Waals surface area contributed by atoms with Crippen molar-refractivity contribution in [2.75, 3.05) is 12.4 Å². The zero-order chi connectivity index (χ0) is 13.9. The Morgan fingerprint density at radius 2 is 2.10 bits per heavy atom. The number of hydrogen-bond donors (Lipinski definition) is 1. The highest BCUT2D eigenvalue weighted by atomic mass is 35.5. The van der Waals surface area contributed by atoms with Crippen LogP contribution in [0.3, 0.4) is 0 Å². The summed E-state index contributed by atoms with van der Waals surface area (Å²) in [6.45, 7) is 0.638. The van der Waals surface area contributed by atoms with E-state index < -0.39 is 0 Å². The Hall–Kier alpha value is -2.34. The van der Waals surface area contributed by atoms with E-state index in [2.05, 4.69) is 20.4 Å². The van der Waals surface area contributed by atoms with Gasteiger partial charge >= 0.3 is 0 Å². The molecular weight excluding hydrogens is 278 g/mol. The SMILES string of the molecule is COc1ccc(CNc2cc(Cl)nc3ncnn23)cc1. The van der Waals surface area contributed by atoms with Gasteiger partial charge in [0, 0.05) is 12.6 Å². The number of fused-ring (bicyclic) bond motifs is 1. The van der Waals surface area contributed by atoms with Gasteiger partial charge in [0.15, 0.2) is 0 Å². The number of hydrogen-bond acceptors (Lipinski definition) is 5. The van der Waals surface area contributed by atoms with Gasteiger partial charge in [-0.1, -0.05) is 23.7 Å². The van der Waals surface area contributed by atoms with Gasteiger partial charge < -0.3 is 10.1 Å². The molecule has 0 aliphatic rings. The Morgan fingerprint density at radius 3 is 2.85 bits per heavy atom. The molecule has 0 saturated heterocycles. The van der Waals surface area contributed by atoms with E-state index in [9.17, 15) is 0 Å². The first-order valence-corrected chi connectivity index (χ1v) is 6.37. The van der Waals surface area contributed by atoms with Crippen LogP contribution in [0.2, 0.25) is 5.15 Å². The molecule has 6 nitrogen and oxygen atoms in total. The molecule has 3 rings (SSSR count). The number of anilines is 1. The Bertz CT molecular complexity index is 725. The molecule has 0 radical (unpaired) electrons. The van der Waals surface area contributed by atoms with Crippen LogP contribution in [0.4, 0.5) is 5.82 Å². The van der Waals surface area contributed by atoms with Gasteiger partial charge in [-0.05, 0) is 17.7 Å². The summed E-state index contributed by atoms with van der Waals surface area (Å²) in [5.74, 6) is 2.04. The van der Waals surface area contributed by atoms with E-state index in [1.54, 1.807) is 17.7 Å². The number of ether oxygens (including phenoxy) is 1. The van der Waals surface area contributed by atoms with Gasteiger partial charge in [0.25, 0.3) is 5.78 Å². The molecule has 1 N–H and O–H groups in total. The van der Waals surface area contributed by atoms with Crippen molar-refractivity contribution in [3.8, 4) is 5.75 Å². The lowest BCUT2D eigenvalue weighted by molar-refractivity contribution is 0.414. The molecule has 3 aromatic rings. The molecule has 0 aliphatic heterocycles. The molecule has 0 saturated carbocycles. The van der Waals surface area contributed by atoms with Crippen molar-refractivity contribution in [3.05, 3.63) is 47.4 Å². The van der Waals surface area contributed by atoms with Crippen molar-refractivity contribution in [3.63, 3.8) is 0 Å². The van der Waals surface area contributed by atoms with Crippen molar-refractivity contribution in [1.82, 2.24) is 19.6 Å². The molecule has 0 fully saturated rings. The average molecular weight is 290 g/mol. The van der Waals surface area contributed by atoms with Crippen LogP contribution < -0.4 is 10.1 Å². The second-order valence-corrected chi connectivity index (χ2v) is 4.52. The van der Waals surface area contributed by atoms with E-state index in [0.29, 0.717) is 17.5 Å². The Labute approximate surface area is 120 Å². The van der Waals surface area contributed by atoms with E-state index >= 15 is 0 Å². The third-order valence-electron chi connectivity index (χ3n) is 2.85. The summed E-state index contributed by atoms with van der Waals surface area (Å²) >= 11 is 5.95. The van der Waals surface area contributed by atoms with E-state index in [0.717, 1.165) is 17.1 Å². The summed E-state index contributed by atoms with van der Waals surface area (Å²) in [5.41, 5.74) is 1.12. The summed E-state index contributed by atoms with van der Waals surface area (Å²) in [4.78, 5) is 8.09. The zero-order valence-corrected chi connectivity index (χ0v) is 11.5. The lowest BCUT2D eigenvalue weighted by Crippen LogP contribution is -2.06. The summed E-state index contributed by atoms with van der Waals surface area (Å²) in [5, 5.41) is 7.74. The van der Waals surface area contributed by atoms with Gasteiger partial charge in [-0.3, -0.25) is 0 Å². The largest absolute Gasteiger partial charge is 0.497 e. The smallest absolute Gasteiger partial charge is 0.255 e. The molecule has 0 atom stereocenters. The highest BCUT2D eigenvalue weighted by molar-refractivity contribution is 6.29. The van der Waals surface area contributed by atoms with E-state index in [1.807, 2.05) is 24.3 Å². The predicted molar refractivity (Wildman–Crippen MR) is 76.1 cm³/mol. The fourth-order valence-corrected chi connectivity index (χ4v) is 2.02. The molecule has 0 amide bonds. The molecule has 0 unspecified atom stereocenters. The van der Waals surface area contributed by atoms with Crippen LogP contribution in [0.25, 0.3) is 5.78 Å². The number of halogens is 1. The van der Waals surface area contributed by atoms with Crippen molar-refractivity contribution in [2.24, 2.45) is 0 Å². The van der Waals surface area contributed by atoms with Crippen molar-refractivity contribution < 1.29 is 4.74 Å².